The van der Waals surface area contributed by atoms with E-state index in [0.717, 1.165) is 28.4 Å². The zero-order valence-electron chi connectivity index (χ0n) is 13.9. The van der Waals surface area contributed by atoms with Gasteiger partial charge in [-0.05, 0) is 30.0 Å². The largest absolute Gasteiger partial charge is 0.345 e. The third kappa shape index (κ3) is 2.60. The summed E-state index contributed by atoms with van der Waals surface area (Å²) in [4.78, 5) is 21.4. The third-order valence-electron chi connectivity index (χ3n) is 5.14. The SMILES string of the molecule is CC1CCN(C(=O)CC#N)CC1c1ccnc2nnc3[nH]ccc3c12. The molecule has 2 atom stereocenters. The molecule has 7 heteroatoms. The first-order valence-corrected chi connectivity index (χ1v) is 8.42. The number of nitrogens with one attached hydrogen (secondary N) is 1. The Balaban J connectivity index is 1.81. The highest BCUT2D eigenvalue weighted by atomic mass is 16.2. The van der Waals surface area contributed by atoms with Crippen molar-refractivity contribution in [2.24, 2.45) is 5.92 Å². The van der Waals surface area contributed by atoms with Gasteiger partial charge in [0.05, 0.1) is 6.07 Å². The average Bonchev–Trinajstić information content (AvgIpc) is 3.11. The number of hydrogen-bond acceptors (Lipinski definition) is 5. The van der Waals surface area contributed by atoms with Crippen molar-refractivity contribution in [1.82, 2.24) is 25.1 Å². The number of likely N-dealkylation sites (tertiary alicyclic amines) is 1. The number of aromatic amines is 1. The van der Waals surface area contributed by atoms with Crippen molar-refractivity contribution in [3.8, 4) is 6.07 Å². The van der Waals surface area contributed by atoms with Gasteiger partial charge in [-0.3, -0.25) is 4.79 Å². The van der Waals surface area contributed by atoms with Gasteiger partial charge in [0, 0.05) is 42.2 Å². The Morgan fingerprint density at radius 3 is 3.16 bits per heavy atom. The lowest BCUT2D eigenvalue weighted by Gasteiger charge is -2.37. The van der Waals surface area contributed by atoms with Gasteiger partial charge in [0.25, 0.3) is 0 Å². The summed E-state index contributed by atoms with van der Waals surface area (Å²) in [6.07, 6.45) is 4.46. The Bertz CT molecular complexity index is 988. The van der Waals surface area contributed by atoms with Crippen molar-refractivity contribution >= 4 is 28.0 Å². The molecule has 3 aromatic rings. The van der Waals surface area contributed by atoms with E-state index in [9.17, 15) is 4.79 Å². The molecule has 0 aromatic carbocycles. The van der Waals surface area contributed by atoms with E-state index in [1.54, 1.807) is 6.20 Å². The van der Waals surface area contributed by atoms with Crippen LogP contribution < -0.4 is 0 Å². The first-order valence-electron chi connectivity index (χ1n) is 8.42. The number of piperidine rings is 1. The number of pyridine rings is 1. The van der Waals surface area contributed by atoms with E-state index >= 15 is 0 Å². The maximum absolute atomic E-state index is 12.2. The van der Waals surface area contributed by atoms with Crippen LogP contribution in [0.2, 0.25) is 0 Å². The molecular formula is C18H18N6O. The van der Waals surface area contributed by atoms with Crippen LogP contribution in [0.1, 0.15) is 31.2 Å². The first-order chi connectivity index (χ1) is 12.2. The molecule has 4 heterocycles. The number of H-pyrrole nitrogens is 1. The van der Waals surface area contributed by atoms with E-state index < -0.39 is 0 Å². The lowest BCUT2D eigenvalue weighted by atomic mass is 9.80. The minimum Gasteiger partial charge on any atom is -0.345 e. The highest BCUT2D eigenvalue weighted by Crippen LogP contribution is 2.37. The smallest absolute Gasteiger partial charge is 0.236 e. The van der Waals surface area contributed by atoms with Crippen molar-refractivity contribution in [3.05, 3.63) is 30.1 Å². The number of aromatic nitrogens is 4. The van der Waals surface area contributed by atoms with Crippen molar-refractivity contribution in [2.45, 2.75) is 25.7 Å². The summed E-state index contributed by atoms with van der Waals surface area (Å²) in [7, 11) is 0. The second-order valence-electron chi connectivity index (χ2n) is 6.59. The van der Waals surface area contributed by atoms with Crippen molar-refractivity contribution in [2.75, 3.05) is 13.1 Å². The number of hydrogen-bond donors (Lipinski definition) is 1. The highest BCUT2D eigenvalue weighted by Gasteiger charge is 2.31. The molecule has 0 saturated carbocycles. The quantitative estimate of drug-likeness (QED) is 0.776. The molecule has 0 spiro atoms. The molecule has 0 aliphatic carbocycles. The maximum Gasteiger partial charge on any atom is 0.236 e. The zero-order chi connectivity index (χ0) is 17.4. The number of fused-ring (bicyclic) bond motifs is 3. The summed E-state index contributed by atoms with van der Waals surface area (Å²) in [5, 5.41) is 19.2. The second kappa shape index (κ2) is 6.13. The number of nitrogens with zero attached hydrogens (tertiary/aromatic N) is 5. The number of rotatable bonds is 2. The molecule has 1 fully saturated rings. The molecule has 1 amide bonds. The van der Waals surface area contributed by atoms with Crippen LogP contribution in [-0.4, -0.2) is 44.1 Å². The highest BCUT2D eigenvalue weighted by molar-refractivity contribution is 6.03. The van der Waals surface area contributed by atoms with Gasteiger partial charge in [0.15, 0.2) is 11.3 Å². The Morgan fingerprint density at radius 1 is 1.44 bits per heavy atom. The Kier molecular flexibility index (Phi) is 3.80. The molecule has 3 aromatic heterocycles. The Labute approximate surface area is 144 Å². The topological polar surface area (TPSA) is 98.6 Å². The van der Waals surface area contributed by atoms with Gasteiger partial charge in [-0.2, -0.15) is 5.26 Å². The Morgan fingerprint density at radius 2 is 2.32 bits per heavy atom. The van der Waals surface area contributed by atoms with Gasteiger partial charge in [0.2, 0.25) is 5.91 Å². The molecule has 126 valence electrons. The summed E-state index contributed by atoms with van der Waals surface area (Å²) < 4.78 is 0. The van der Waals surface area contributed by atoms with Gasteiger partial charge >= 0.3 is 0 Å². The van der Waals surface area contributed by atoms with Gasteiger partial charge in [-0.15, -0.1) is 10.2 Å². The molecule has 1 N–H and O–H groups in total. The fourth-order valence-electron chi connectivity index (χ4n) is 3.75. The van der Waals surface area contributed by atoms with Gasteiger partial charge in [-0.1, -0.05) is 6.92 Å². The number of nitriles is 1. The van der Waals surface area contributed by atoms with Crippen LogP contribution in [0.15, 0.2) is 24.5 Å². The summed E-state index contributed by atoms with van der Waals surface area (Å²) >= 11 is 0. The fourth-order valence-corrected chi connectivity index (χ4v) is 3.75. The normalized spacial score (nSPS) is 20.7. The molecule has 25 heavy (non-hydrogen) atoms. The maximum atomic E-state index is 12.2. The third-order valence-corrected chi connectivity index (χ3v) is 5.14. The molecule has 2 unspecified atom stereocenters. The minimum atomic E-state index is -0.0932. The second-order valence-corrected chi connectivity index (χ2v) is 6.59. The fraction of sp³-hybridized carbons (Fsp3) is 0.389. The van der Waals surface area contributed by atoms with Crippen LogP contribution in [0.5, 0.6) is 0 Å². The molecule has 1 aliphatic heterocycles. The average molecular weight is 334 g/mol. The molecular weight excluding hydrogens is 316 g/mol. The van der Waals surface area contributed by atoms with Crippen molar-refractivity contribution < 1.29 is 4.79 Å². The molecule has 4 rings (SSSR count). The number of amides is 1. The summed E-state index contributed by atoms with van der Waals surface area (Å²) in [5.74, 6) is 0.521. The molecule has 7 nitrogen and oxygen atoms in total. The van der Waals surface area contributed by atoms with Crippen molar-refractivity contribution in [3.63, 3.8) is 0 Å². The molecule has 1 saturated heterocycles. The molecule has 1 aliphatic rings. The predicted molar refractivity (Wildman–Crippen MR) is 92.5 cm³/mol. The van der Waals surface area contributed by atoms with Crippen molar-refractivity contribution in [1.29, 1.82) is 5.26 Å². The lowest BCUT2D eigenvalue weighted by molar-refractivity contribution is -0.131. The minimum absolute atomic E-state index is 0.0638. The van der Waals surface area contributed by atoms with E-state index in [4.69, 9.17) is 5.26 Å². The van der Waals surface area contributed by atoms with Gasteiger partial charge < -0.3 is 9.88 Å². The van der Waals surface area contributed by atoms with E-state index in [-0.39, 0.29) is 18.2 Å². The van der Waals surface area contributed by atoms with Crippen LogP contribution in [0, 0.1) is 17.2 Å². The standard InChI is InChI=1S/C18H18N6O/c1-11-5-9-24(15(25)2-6-19)10-14(11)12-3-7-21-18-16(12)13-4-8-20-17(13)22-23-18/h3-4,7-8,11,14H,2,5,9-10H2,1H3,(H,20,22). The molecule has 0 bridgehead atoms. The van der Waals surface area contributed by atoms with Crippen LogP contribution in [0.4, 0.5) is 0 Å². The predicted octanol–water partition coefficient (Wildman–Crippen LogP) is 2.37. The lowest BCUT2D eigenvalue weighted by Crippen LogP contribution is -2.42. The van der Waals surface area contributed by atoms with Crippen LogP contribution in [-0.2, 0) is 4.79 Å². The van der Waals surface area contributed by atoms with E-state index in [1.807, 2.05) is 29.3 Å². The van der Waals surface area contributed by atoms with E-state index in [0.29, 0.717) is 24.7 Å². The summed E-state index contributed by atoms with van der Waals surface area (Å²) in [6.45, 7) is 3.54. The summed E-state index contributed by atoms with van der Waals surface area (Å²) in [6, 6.07) is 5.97. The van der Waals surface area contributed by atoms with Gasteiger partial charge in [0.1, 0.15) is 6.42 Å². The number of carbonyl (C=O) groups excluding carboxylic acids is 1. The van der Waals surface area contributed by atoms with Crippen LogP contribution in [0.3, 0.4) is 0 Å². The Hall–Kier alpha value is -3.01. The van der Waals surface area contributed by atoms with Crippen LogP contribution >= 0.6 is 0 Å². The molecule has 0 radical (unpaired) electrons. The monoisotopic (exact) mass is 334 g/mol. The van der Waals surface area contributed by atoms with E-state index in [2.05, 4.69) is 27.1 Å². The zero-order valence-corrected chi connectivity index (χ0v) is 13.9. The van der Waals surface area contributed by atoms with E-state index in [1.165, 1.54) is 0 Å². The number of carbonyl (C=O) groups is 1. The first kappa shape index (κ1) is 15.5. The van der Waals surface area contributed by atoms with Gasteiger partial charge in [-0.25, -0.2) is 4.98 Å². The summed E-state index contributed by atoms with van der Waals surface area (Å²) in [5.41, 5.74) is 2.51. The van der Waals surface area contributed by atoms with Crippen LogP contribution in [0.25, 0.3) is 22.1 Å².